The Hall–Kier alpha value is -2.07. The number of hydrogen-bond donors (Lipinski definition) is 2. The van der Waals surface area contributed by atoms with E-state index in [0.717, 1.165) is 17.0 Å². The maximum atomic E-state index is 9.15. The molecular weight excluding hydrogens is 214 g/mol. The first-order chi connectivity index (χ1) is 8.15. The highest BCUT2D eigenvalue weighted by molar-refractivity contribution is 5.81. The molecule has 0 aliphatic rings. The van der Waals surface area contributed by atoms with E-state index in [1.807, 2.05) is 32.2 Å². The number of anilines is 1. The Morgan fingerprint density at radius 2 is 2.12 bits per heavy atom. The van der Waals surface area contributed by atoms with Gasteiger partial charge in [-0.05, 0) is 6.92 Å². The predicted octanol–water partition coefficient (Wildman–Crippen LogP) is 2.84. The van der Waals surface area contributed by atoms with Crippen LogP contribution in [0.25, 0.3) is 5.57 Å². The molecule has 4 heteroatoms. The summed E-state index contributed by atoms with van der Waals surface area (Å²) in [4.78, 5) is 0. The molecule has 2 N–H and O–H groups in total. The molecule has 0 saturated heterocycles. The molecule has 0 aromatic carbocycles. The van der Waals surface area contributed by atoms with E-state index in [-0.39, 0.29) is 0 Å². The summed E-state index contributed by atoms with van der Waals surface area (Å²) in [6.07, 6.45) is 8.92. The Balaban J connectivity index is 3.37. The molecule has 1 aromatic heterocycles. The van der Waals surface area contributed by atoms with Crippen LogP contribution in [0.4, 0.5) is 5.69 Å². The lowest BCUT2D eigenvalue weighted by Crippen LogP contribution is -1.99. The van der Waals surface area contributed by atoms with E-state index >= 15 is 0 Å². The average Bonchev–Trinajstić information content (AvgIpc) is 2.59. The van der Waals surface area contributed by atoms with Crippen molar-refractivity contribution in [2.75, 3.05) is 5.48 Å². The molecule has 0 radical (unpaired) electrons. The van der Waals surface area contributed by atoms with Gasteiger partial charge in [-0.3, -0.25) is 15.4 Å². The van der Waals surface area contributed by atoms with Gasteiger partial charge in [0.05, 0.1) is 11.4 Å². The van der Waals surface area contributed by atoms with Crippen LogP contribution in [0.3, 0.4) is 0 Å². The minimum atomic E-state index is 0.592. The van der Waals surface area contributed by atoms with Crippen LogP contribution < -0.4 is 5.48 Å². The number of nitrogens with one attached hydrogen (secondary N) is 1. The topological polar surface area (TPSA) is 50.1 Å². The molecule has 0 saturated carbocycles. The zero-order valence-corrected chi connectivity index (χ0v) is 10.1. The highest BCUT2D eigenvalue weighted by Gasteiger charge is 2.14. The van der Waals surface area contributed by atoms with Gasteiger partial charge in [0.25, 0.3) is 0 Å². The summed E-state index contributed by atoms with van der Waals surface area (Å²) in [5.41, 5.74) is 5.19. The second kappa shape index (κ2) is 5.86. The first-order valence-corrected chi connectivity index (χ1v) is 5.21. The van der Waals surface area contributed by atoms with Crippen LogP contribution in [0.15, 0.2) is 43.5 Å². The van der Waals surface area contributed by atoms with Crippen molar-refractivity contribution in [2.45, 2.75) is 6.92 Å². The van der Waals surface area contributed by atoms with Crippen LogP contribution in [0.2, 0.25) is 0 Å². The predicted molar refractivity (Wildman–Crippen MR) is 70.9 cm³/mol. The molecule has 1 heterocycles. The largest absolute Gasteiger partial charge is 0.291 e. The monoisotopic (exact) mass is 231 g/mol. The standard InChI is InChI=1S/C13H17N3O/c1-5-7-9-11(8-6-2)13-12(15-17)10(3)14-16(13)4/h5-9,15,17H,1-2H2,3-4H3/b9-7-,11-8+. The van der Waals surface area contributed by atoms with E-state index in [1.54, 1.807) is 16.8 Å². The average molecular weight is 231 g/mol. The van der Waals surface area contributed by atoms with Crippen molar-refractivity contribution in [3.63, 3.8) is 0 Å². The Bertz CT molecular complexity index is 481. The normalized spacial score (nSPS) is 11.8. The molecule has 0 bridgehead atoms. The van der Waals surface area contributed by atoms with Gasteiger partial charge in [-0.25, -0.2) is 0 Å². The lowest BCUT2D eigenvalue weighted by molar-refractivity contribution is 0.388. The number of allylic oxidation sites excluding steroid dienone is 6. The highest BCUT2D eigenvalue weighted by Crippen LogP contribution is 2.27. The van der Waals surface area contributed by atoms with E-state index in [9.17, 15) is 0 Å². The first-order valence-electron chi connectivity index (χ1n) is 5.21. The SMILES string of the molecule is C=C/C=C\C(=C/C=C)c1c(NO)c(C)nn1C. The van der Waals surface area contributed by atoms with E-state index in [2.05, 4.69) is 23.7 Å². The third kappa shape index (κ3) is 2.73. The van der Waals surface area contributed by atoms with Gasteiger partial charge in [0.15, 0.2) is 0 Å². The van der Waals surface area contributed by atoms with Gasteiger partial charge < -0.3 is 0 Å². The fraction of sp³-hybridized carbons (Fsp3) is 0.154. The molecular formula is C13H17N3O. The Morgan fingerprint density at radius 3 is 2.65 bits per heavy atom. The molecule has 90 valence electrons. The van der Waals surface area contributed by atoms with E-state index in [4.69, 9.17) is 5.21 Å². The van der Waals surface area contributed by atoms with Crippen molar-refractivity contribution in [3.8, 4) is 0 Å². The summed E-state index contributed by atoms with van der Waals surface area (Å²) < 4.78 is 1.71. The van der Waals surface area contributed by atoms with Crippen LogP contribution in [-0.2, 0) is 7.05 Å². The Kier molecular flexibility index (Phi) is 4.48. The summed E-state index contributed by atoms with van der Waals surface area (Å²) >= 11 is 0. The molecule has 4 nitrogen and oxygen atoms in total. The van der Waals surface area contributed by atoms with Crippen molar-refractivity contribution in [2.24, 2.45) is 7.05 Å². The molecule has 0 unspecified atom stereocenters. The van der Waals surface area contributed by atoms with Gasteiger partial charge >= 0.3 is 0 Å². The van der Waals surface area contributed by atoms with E-state index < -0.39 is 0 Å². The van der Waals surface area contributed by atoms with Gasteiger partial charge in [-0.1, -0.05) is 43.5 Å². The molecule has 1 rings (SSSR count). The molecule has 1 aromatic rings. The number of nitrogens with zero attached hydrogens (tertiary/aromatic N) is 2. The third-order valence-electron chi connectivity index (χ3n) is 2.32. The van der Waals surface area contributed by atoms with E-state index in [0.29, 0.717) is 5.69 Å². The van der Waals surface area contributed by atoms with Gasteiger partial charge in [0.1, 0.15) is 5.69 Å². The summed E-state index contributed by atoms with van der Waals surface area (Å²) in [7, 11) is 1.82. The zero-order chi connectivity index (χ0) is 12.8. The summed E-state index contributed by atoms with van der Waals surface area (Å²) in [6, 6.07) is 0. The van der Waals surface area contributed by atoms with Crippen LogP contribution in [0.1, 0.15) is 11.4 Å². The maximum Gasteiger partial charge on any atom is 0.109 e. The number of aryl methyl sites for hydroxylation is 2. The van der Waals surface area contributed by atoms with Gasteiger partial charge in [0.2, 0.25) is 0 Å². The van der Waals surface area contributed by atoms with Crippen molar-refractivity contribution in [1.29, 1.82) is 0 Å². The van der Waals surface area contributed by atoms with Gasteiger partial charge in [-0.15, -0.1) is 0 Å². The second-order valence-electron chi connectivity index (χ2n) is 3.50. The van der Waals surface area contributed by atoms with Crippen molar-refractivity contribution < 1.29 is 5.21 Å². The smallest absolute Gasteiger partial charge is 0.109 e. The van der Waals surface area contributed by atoms with Crippen molar-refractivity contribution in [3.05, 3.63) is 54.9 Å². The molecule has 0 atom stereocenters. The maximum absolute atomic E-state index is 9.15. The Morgan fingerprint density at radius 1 is 1.41 bits per heavy atom. The highest BCUT2D eigenvalue weighted by atomic mass is 16.5. The summed E-state index contributed by atoms with van der Waals surface area (Å²) in [6.45, 7) is 9.13. The van der Waals surface area contributed by atoms with Crippen molar-refractivity contribution in [1.82, 2.24) is 9.78 Å². The molecule has 0 fully saturated rings. The minimum Gasteiger partial charge on any atom is -0.291 e. The molecule has 0 spiro atoms. The quantitative estimate of drug-likeness (QED) is 0.605. The Labute approximate surface area is 101 Å². The van der Waals surface area contributed by atoms with Gasteiger partial charge in [-0.2, -0.15) is 5.10 Å². The molecule has 0 amide bonds. The molecule has 0 aliphatic heterocycles. The molecule has 0 aliphatic carbocycles. The van der Waals surface area contributed by atoms with Crippen molar-refractivity contribution >= 4 is 11.3 Å². The lowest BCUT2D eigenvalue weighted by atomic mass is 10.1. The second-order valence-corrected chi connectivity index (χ2v) is 3.50. The zero-order valence-electron chi connectivity index (χ0n) is 10.1. The van der Waals surface area contributed by atoms with Crippen LogP contribution in [-0.4, -0.2) is 15.0 Å². The van der Waals surface area contributed by atoms with Crippen LogP contribution in [0.5, 0.6) is 0 Å². The minimum absolute atomic E-state index is 0.592. The van der Waals surface area contributed by atoms with Crippen LogP contribution in [0, 0.1) is 6.92 Å². The fourth-order valence-electron chi connectivity index (χ4n) is 1.64. The van der Waals surface area contributed by atoms with Gasteiger partial charge in [0, 0.05) is 12.6 Å². The lowest BCUT2D eigenvalue weighted by Gasteiger charge is -2.06. The third-order valence-corrected chi connectivity index (χ3v) is 2.32. The number of hydrogen-bond acceptors (Lipinski definition) is 3. The number of aromatic nitrogens is 2. The van der Waals surface area contributed by atoms with Crippen LogP contribution >= 0.6 is 0 Å². The number of rotatable bonds is 5. The van der Waals surface area contributed by atoms with E-state index in [1.165, 1.54) is 0 Å². The molecule has 17 heavy (non-hydrogen) atoms. The summed E-state index contributed by atoms with van der Waals surface area (Å²) in [5, 5.41) is 13.4. The first kappa shape index (κ1) is 13.0. The summed E-state index contributed by atoms with van der Waals surface area (Å²) in [5.74, 6) is 0. The fourth-order valence-corrected chi connectivity index (χ4v) is 1.64.